The number of anilines is 2. The zero-order valence-electron chi connectivity index (χ0n) is 24.1. The molecule has 10 heteroatoms. The lowest BCUT2D eigenvalue weighted by Gasteiger charge is -2.27. The molecule has 2 N–H and O–H groups in total. The summed E-state index contributed by atoms with van der Waals surface area (Å²) in [7, 11) is 0. The molecule has 220 valence electrons. The van der Waals surface area contributed by atoms with Gasteiger partial charge < -0.3 is 15.2 Å². The van der Waals surface area contributed by atoms with Gasteiger partial charge in [-0.15, -0.1) is 0 Å². The van der Waals surface area contributed by atoms with Gasteiger partial charge in [-0.25, -0.2) is 15.0 Å². The average molecular weight is 604 g/mol. The van der Waals surface area contributed by atoms with Crippen molar-refractivity contribution in [3.05, 3.63) is 117 Å². The second kappa shape index (κ2) is 11.6. The van der Waals surface area contributed by atoms with E-state index >= 15 is 0 Å². The number of hydrogen-bond acceptors (Lipinski definition) is 7. The molecular weight excluding hydrogens is 574 g/mol. The van der Waals surface area contributed by atoms with Gasteiger partial charge in [0.25, 0.3) is 5.56 Å². The topological polar surface area (TPSA) is 109 Å². The number of aromatic amines is 1. The van der Waals surface area contributed by atoms with E-state index in [4.69, 9.17) is 16.6 Å². The third kappa shape index (κ3) is 4.89. The van der Waals surface area contributed by atoms with E-state index < -0.39 is 6.04 Å². The Labute approximate surface area is 258 Å². The molecule has 1 atom stereocenters. The van der Waals surface area contributed by atoms with Crippen molar-refractivity contribution in [2.45, 2.75) is 32.2 Å². The quantitative estimate of drug-likeness (QED) is 0.224. The Morgan fingerprint density at radius 1 is 0.886 bits per heavy atom. The maximum Gasteiger partial charge on any atom is 0.263 e. The van der Waals surface area contributed by atoms with Crippen molar-refractivity contribution in [2.24, 2.45) is 0 Å². The van der Waals surface area contributed by atoms with Crippen LogP contribution in [0.4, 0.5) is 11.6 Å². The highest BCUT2D eigenvalue weighted by Gasteiger charge is 2.24. The Morgan fingerprint density at radius 3 is 2.48 bits per heavy atom. The number of nitrogens with one attached hydrogen (secondary N) is 2. The zero-order chi connectivity index (χ0) is 30.2. The number of aromatic nitrogens is 5. The third-order valence-electron chi connectivity index (χ3n) is 8.25. The molecule has 0 amide bonds. The van der Waals surface area contributed by atoms with E-state index in [0.717, 1.165) is 30.0 Å². The number of halogens is 1. The minimum Gasteiger partial charge on any atom is -0.361 e. The van der Waals surface area contributed by atoms with E-state index in [2.05, 4.69) is 25.2 Å². The van der Waals surface area contributed by atoms with Crippen LogP contribution in [0.15, 0.2) is 95.0 Å². The fourth-order valence-electron chi connectivity index (χ4n) is 6.13. The summed E-state index contributed by atoms with van der Waals surface area (Å²) in [5.74, 6) is 1.30. The normalized spacial score (nSPS) is 14.2. The molecule has 44 heavy (non-hydrogen) atoms. The second-order valence-corrected chi connectivity index (χ2v) is 11.4. The summed E-state index contributed by atoms with van der Waals surface area (Å²) in [5.41, 5.74) is 2.81. The van der Waals surface area contributed by atoms with Gasteiger partial charge in [-0.05, 0) is 56.0 Å². The summed E-state index contributed by atoms with van der Waals surface area (Å²) in [6, 6.07) is 20.1. The summed E-state index contributed by atoms with van der Waals surface area (Å²) < 4.78 is 1.65. The number of hydrogen-bond donors (Lipinski definition) is 2. The van der Waals surface area contributed by atoms with Crippen LogP contribution >= 0.6 is 11.6 Å². The molecule has 1 saturated heterocycles. The van der Waals surface area contributed by atoms with Crippen LogP contribution in [0.5, 0.6) is 0 Å². The highest BCUT2D eigenvalue weighted by Crippen LogP contribution is 2.36. The summed E-state index contributed by atoms with van der Waals surface area (Å²) >= 11 is 7.24. The number of piperidine rings is 1. The Balaban J connectivity index is 1.39. The molecule has 0 spiro atoms. The first-order chi connectivity index (χ1) is 21.5. The Morgan fingerprint density at radius 2 is 1.70 bits per heavy atom. The SMILES string of the molecule is C[C@H](Nc1ncnc2[nH]ccc(=O)c12)c1c(Cl)c2cccc(-c3ccc(N4CCCCC4)nc3)c2c(=O)n1-c1ccccc1. The Hall–Kier alpha value is -5.02. The van der Waals surface area contributed by atoms with Gasteiger partial charge in [-0.2, -0.15) is 0 Å². The van der Waals surface area contributed by atoms with E-state index in [1.165, 1.54) is 31.7 Å². The second-order valence-electron chi connectivity index (χ2n) is 11.0. The van der Waals surface area contributed by atoms with Crippen molar-refractivity contribution < 1.29 is 0 Å². The van der Waals surface area contributed by atoms with Gasteiger partial charge in [0.05, 0.1) is 22.1 Å². The molecule has 0 radical (unpaired) electrons. The predicted molar refractivity (Wildman–Crippen MR) is 176 cm³/mol. The molecule has 1 aliphatic heterocycles. The number of benzene rings is 2. The van der Waals surface area contributed by atoms with Crippen molar-refractivity contribution in [2.75, 3.05) is 23.3 Å². The van der Waals surface area contributed by atoms with Gasteiger partial charge >= 0.3 is 0 Å². The molecule has 6 aromatic rings. The predicted octanol–water partition coefficient (Wildman–Crippen LogP) is 6.50. The molecule has 1 aliphatic rings. The average Bonchev–Trinajstić information content (AvgIpc) is 3.07. The molecule has 2 aromatic carbocycles. The van der Waals surface area contributed by atoms with E-state index in [1.54, 1.807) is 10.8 Å². The molecule has 0 unspecified atom stereocenters. The van der Waals surface area contributed by atoms with Crippen LogP contribution < -0.4 is 21.2 Å². The number of nitrogens with zero attached hydrogens (tertiary/aromatic N) is 5. The van der Waals surface area contributed by atoms with Crippen molar-refractivity contribution in [1.82, 2.24) is 24.5 Å². The first-order valence-corrected chi connectivity index (χ1v) is 15.1. The van der Waals surface area contributed by atoms with Crippen molar-refractivity contribution in [3.63, 3.8) is 0 Å². The first kappa shape index (κ1) is 27.8. The number of rotatable bonds is 6. The molecule has 5 heterocycles. The molecule has 0 bridgehead atoms. The van der Waals surface area contributed by atoms with E-state index in [9.17, 15) is 9.59 Å². The molecular formula is C34H30ClN7O2. The number of H-pyrrole nitrogens is 1. The minimum absolute atomic E-state index is 0.208. The van der Waals surface area contributed by atoms with E-state index in [0.29, 0.717) is 44.0 Å². The molecule has 7 rings (SSSR count). The van der Waals surface area contributed by atoms with Gasteiger partial charge in [0, 0.05) is 48.2 Å². The summed E-state index contributed by atoms with van der Waals surface area (Å²) in [6.07, 6.45) is 8.37. The van der Waals surface area contributed by atoms with Crippen LogP contribution in [-0.2, 0) is 0 Å². The first-order valence-electron chi connectivity index (χ1n) is 14.7. The third-order valence-corrected chi connectivity index (χ3v) is 8.65. The van der Waals surface area contributed by atoms with Gasteiger partial charge in [-0.3, -0.25) is 14.2 Å². The highest BCUT2D eigenvalue weighted by molar-refractivity contribution is 6.36. The monoisotopic (exact) mass is 603 g/mol. The van der Waals surface area contributed by atoms with Crippen molar-refractivity contribution in [3.8, 4) is 16.8 Å². The van der Waals surface area contributed by atoms with Crippen LogP contribution in [0.1, 0.15) is 37.9 Å². The summed E-state index contributed by atoms with van der Waals surface area (Å²) in [6.45, 7) is 3.91. The van der Waals surface area contributed by atoms with E-state index in [-0.39, 0.29) is 11.0 Å². The molecule has 4 aromatic heterocycles. The van der Waals surface area contributed by atoms with Crippen LogP contribution in [0.2, 0.25) is 5.02 Å². The molecule has 9 nitrogen and oxygen atoms in total. The largest absolute Gasteiger partial charge is 0.361 e. The van der Waals surface area contributed by atoms with Crippen molar-refractivity contribution >= 4 is 45.0 Å². The van der Waals surface area contributed by atoms with Gasteiger partial charge in [0.2, 0.25) is 0 Å². The van der Waals surface area contributed by atoms with Crippen molar-refractivity contribution in [1.29, 1.82) is 0 Å². The van der Waals surface area contributed by atoms with Gasteiger partial charge in [0.15, 0.2) is 5.43 Å². The summed E-state index contributed by atoms with van der Waals surface area (Å²) in [4.78, 5) is 46.0. The maximum atomic E-state index is 14.6. The zero-order valence-corrected chi connectivity index (χ0v) is 24.9. The highest BCUT2D eigenvalue weighted by atomic mass is 35.5. The fourth-order valence-corrected chi connectivity index (χ4v) is 6.53. The van der Waals surface area contributed by atoms with Crippen LogP contribution in [0, 0.1) is 0 Å². The number of para-hydroxylation sites is 1. The lowest BCUT2D eigenvalue weighted by atomic mass is 9.98. The number of fused-ring (bicyclic) bond motifs is 2. The Kier molecular flexibility index (Phi) is 7.31. The maximum absolute atomic E-state index is 14.6. The molecule has 0 aliphatic carbocycles. The Bertz CT molecular complexity index is 2100. The lowest BCUT2D eigenvalue weighted by Crippen LogP contribution is -2.30. The minimum atomic E-state index is -0.522. The molecule has 1 fully saturated rings. The lowest BCUT2D eigenvalue weighted by molar-refractivity contribution is 0.573. The molecule has 0 saturated carbocycles. The smallest absolute Gasteiger partial charge is 0.263 e. The van der Waals surface area contributed by atoms with Gasteiger partial charge in [0.1, 0.15) is 29.0 Å². The fraction of sp³-hybridized carbons (Fsp3) is 0.206. The number of pyridine rings is 3. The van der Waals surface area contributed by atoms with E-state index in [1.807, 2.05) is 73.8 Å². The summed E-state index contributed by atoms with van der Waals surface area (Å²) in [5, 5.41) is 5.24. The standard InChI is InChI=1S/C34H30ClN7O2/c1-21(40-33-29-26(43)15-16-36-32(29)38-20-39-33)31-30(35)25-12-8-11-24(28(25)34(44)42(31)23-9-4-2-5-10-23)22-13-14-27(37-19-22)41-17-6-3-7-18-41/h2,4-5,8-16,19-21H,3,6-7,17-18H2,1H3,(H2,36,38,39,40,43)/t21-/m0/s1. The van der Waals surface area contributed by atoms with Crippen LogP contribution in [0.3, 0.4) is 0 Å². The van der Waals surface area contributed by atoms with Crippen LogP contribution in [-0.4, -0.2) is 37.6 Å². The van der Waals surface area contributed by atoms with Crippen LogP contribution in [0.25, 0.3) is 38.6 Å². The van der Waals surface area contributed by atoms with Gasteiger partial charge in [-0.1, -0.05) is 48.0 Å².